The Labute approximate surface area is 137 Å². The molecule has 5 heteroatoms. The molecule has 0 saturated heterocycles. The van der Waals surface area contributed by atoms with Crippen molar-refractivity contribution >= 4 is 5.91 Å². The lowest BCUT2D eigenvalue weighted by molar-refractivity contribution is -0.121. The van der Waals surface area contributed by atoms with Crippen LogP contribution in [-0.2, 0) is 11.2 Å². The van der Waals surface area contributed by atoms with Gasteiger partial charge in [0.15, 0.2) is 0 Å². The lowest BCUT2D eigenvalue weighted by atomic mass is 9.94. The minimum Gasteiger partial charge on any atom is -0.355 e. The minimum absolute atomic E-state index is 0.120. The number of carbonyl (C=O) groups is 1. The van der Waals surface area contributed by atoms with Crippen LogP contribution < -0.4 is 5.32 Å². The smallest absolute Gasteiger partial charge is 0.220 e. The quantitative estimate of drug-likeness (QED) is 0.835. The largest absolute Gasteiger partial charge is 0.355 e. The first-order valence-corrected chi connectivity index (χ1v) is 8.47. The van der Waals surface area contributed by atoms with Gasteiger partial charge in [-0.2, -0.15) is 0 Å². The number of hydrogen-bond acceptors (Lipinski definition) is 2. The maximum absolute atomic E-state index is 13.5. The number of likely N-dealkylation sites (N-methyl/N-ethyl adjacent to an activating group) is 1. The highest BCUT2D eigenvalue weighted by Crippen LogP contribution is 2.21. The third kappa shape index (κ3) is 5.90. The summed E-state index contributed by atoms with van der Waals surface area (Å²) in [4.78, 5) is 14.1. The van der Waals surface area contributed by atoms with Gasteiger partial charge in [-0.1, -0.05) is 19.3 Å². The number of hydrogen-bond donors (Lipinski definition) is 1. The summed E-state index contributed by atoms with van der Waals surface area (Å²) in [5.41, 5.74) is 0.250. The van der Waals surface area contributed by atoms with Crippen molar-refractivity contribution in [3.05, 3.63) is 35.4 Å². The predicted molar refractivity (Wildman–Crippen MR) is 87.2 cm³/mol. The van der Waals surface area contributed by atoms with E-state index in [2.05, 4.69) is 17.3 Å². The van der Waals surface area contributed by atoms with Gasteiger partial charge in [-0.3, -0.25) is 4.79 Å². The number of nitrogens with one attached hydrogen (secondary N) is 1. The van der Waals surface area contributed by atoms with Crippen molar-refractivity contribution in [2.24, 2.45) is 0 Å². The molecule has 0 atom stereocenters. The number of carbonyl (C=O) groups excluding carboxylic acids is 1. The summed E-state index contributed by atoms with van der Waals surface area (Å²) in [5.74, 6) is -1.06. The zero-order chi connectivity index (χ0) is 16.7. The van der Waals surface area contributed by atoms with Gasteiger partial charge in [0.2, 0.25) is 5.91 Å². The molecule has 0 spiro atoms. The second kappa shape index (κ2) is 8.96. The Kier molecular flexibility index (Phi) is 6.96. The van der Waals surface area contributed by atoms with E-state index in [4.69, 9.17) is 0 Å². The van der Waals surface area contributed by atoms with Crippen molar-refractivity contribution < 1.29 is 13.6 Å². The fourth-order valence-corrected chi connectivity index (χ4v) is 3.15. The molecule has 0 aliphatic heterocycles. The molecule has 0 unspecified atom stereocenters. The third-order valence-corrected chi connectivity index (χ3v) is 4.61. The number of rotatable bonds is 7. The van der Waals surface area contributed by atoms with E-state index >= 15 is 0 Å². The van der Waals surface area contributed by atoms with Gasteiger partial charge in [0.05, 0.1) is 0 Å². The first-order chi connectivity index (χ1) is 11.1. The molecule has 3 nitrogen and oxygen atoms in total. The molecular weight excluding hydrogens is 298 g/mol. The summed E-state index contributed by atoms with van der Waals surface area (Å²) in [5, 5.41) is 2.86. The number of benzene rings is 1. The van der Waals surface area contributed by atoms with Gasteiger partial charge >= 0.3 is 0 Å². The van der Waals surface area contributed by atoms with Crippen LogP contribution in [0.5, 0.6) is 0 Å². The maximum Gasteiger partial charge on any atom is 0.220 e. The van der Waals surface area contributed by atoms with Crippen LogP contribution in [0.25, 0.3) is 0 Å². The van der Waals surface area contributed by atoms with E-state index in [0.29, 0.717) is 12.6 Å². The summed E-state index contributed by atoms with van der Waals surface area (Å²) >= 11 is 0. The summed E-state index contributed by atoms with van der Waals surface area (Å²) < 4.78 is 26.5. The molecule has 0 radical (unpaired) electrons. The number of aryl methyl sites for hydroxylation is 1. The predicted octanol–water partition coefficient (Wildman–Crippen LogP) is 3.28. The van der Waals surface area contributed by atoms with E-state index < -0.39 is 11.6 Å². The van der Waals surface area contributed by atoms with Crippen molar-refractivity contribution in [1.82, 2.24) is 10.2 Å². The van der Waals surface area contributed by atoms with E-state index in [1.165, 1.54) is 32.1 Å². The van der Waals surface area contributed by atoms with E-state index in [9.17, 15) is 13.6 Å². The first kappa shape index (κ1) is 17.9. The van der Waals surface area contributed by atoms with Crippen LogP contribution >= 0.6 is 0 Å². The third-order valence-electron chi connectivity index (χ3n) is 4.61. The van der Waals surface area contributed by atoms with Gasteiger partial charge < -0.3 is 10.2 Å². The lowest BCUT2D eigenvalue weighted by Crippen LogP contribution is -2.39. The monoisotopic (exact) mass is 324 g/mol. The fourth-order valence-electron chi connectivity index (χ4n) is 3.15. The van der Waals surface area contributed by atoms with Gasteiger partial charge in [0, 0.05) is 25.6 Å². The number of nitrogens with zero attached hydrogens (tertiary/aromatic N) is 1. The summed E-state index contributed by atoms with van der Waals surface area (Å²) in [6.45, 7) is 1.42. The van der Waals surface area contributed by atoms with E-state index in [1.807, 2.05) is 0 Å². The molecule has 1 saturated carbocycles. The van der Waals surface area contributed by atoms with E-state index in [0.717, 1.165) is 24.7 Å². The van der Waals surface area contributed by atoms with Crippen LogP contribution in [0.3, 0.4) is 0 Å². The van der Waals surface area contributed by atoms with Crippen molar-refractivity contribution in [2.45, 2.75) is 51.0 Å². The molecule has 1 aromatic rings. The van der Waals surface area contributed by atoms with Gasteiger partial charge in [0.1, 0.15) is 11.6 Å². The molecule has 1 fully saturated rings. The van der Waals surface area contributed by atoms with Crippen molar-refractivity contribution in [1.29, 1.82) is 0 Å². The average Bonchev–Trinajstić information content (AvgIpc) is 2.56. The molecule has 0 aromatic heterocycles. The topological polar surface area (TPSA) is 32.3 Å². The zero-order valence-electron chi connectivity index (χ0n) is 13.8. The van der Waals surface area contributed by atoms with Crippen LogP contribution in [0.15, 0.2) is 18.2 Å². The standard InChI is InChI=1S/C18H26F2N2O/c1-22(16-5-3-2-4-6-16)12-11-21-18(23)10-7-14-13-15(19)8-9-17(14)20/h8-9,13,16H,2-7,10-12H2,1H3,(H,21,23). The second-order valence-electron chi connectivity index (χ2n) is 6.36. The molecule has 128 valence electrons. The van der Waals surface area contributed by atoms with Gasteiger partial charge in [-0.15, -0.1) is 0 Å². The Bertz CT molecular complexity index is 516. The molecule has 2 rings (SSSR count). The summed E-state index contributed by atoms with van der Waals surface area (Å²) in [7, 11) is 2.10. The van der Waals surface area contributed by atoms with Crippen LogP contribution in [-0.4, -0.2) is 37.0 Å². The molecular formula is C18H26F2N2O. The molecule has 1 amide bonds. The van der Waals surface area contributed by atoms with Crippen LogP contribution in [0.1, 0.15) is 44.1 Å². The maximum atomic E-state index is 13.5. The highest BCUT2D eigenvalue weighted by Gasteiger charge is 2.17. The number of amides is 1. The van der Waals surface area contributed by atoms with Crippen LogP contribution in [0, 0.1) is 11.6 Å². The summed E-state index contributed by atoms with van der Waals surface area (Å²) in [6.07, 6.45) is 6.78. The van der Waals surface area contributed by atoms with Crippen LogP contribution in [0.2, 0.25) is 0 Å². The van der Waals surface area contributed by atoms with Crippen LogP contribution in [0.4, 0.5) is 8.78 Å². The van der Waals surface area contributed by atoms with Crippen molar-refractivity contribution in [3.8, 4) is 0 Å². The Morgan fingerprint density at radius 2 is 2.00 bits per heavy atom. The SMILES string of the molecule is CN(CCNC(=O)CCc1cc(F)ccc1F)C1CCCCC1. The Morgan fingerprint density at radius 3 is 2.74 bits per heavy atom. The molecule has 1 N–H and O–H groups in total. The Hall–Kier alpha value is -1.49. The molecule has 0 heterocycles. The van der Waals surface area contributed by atoms with Gasteiger partial charge in [-0.05, 0) is 50.1 Å². The average molecular weight is 324 g/mol. The first-order valence-electron chi connectivity index (χ1n) is 8.47. The molecule has 1 aromatic carbocycles. The molecule has 1 aliphatic rings. The minimum atomic E-state index is -0.476. The molecule has 1 aliphatic carbocycles. The Balaban J connectivity index is 1.65. The van der Waals surface area contributed by atoms with E-state index in [-0.39, 0.29) is 24.3 Å². The molecule has 0 bridgehead atoms. The highest BCUT2D eigenvalue weighted by atomic mass is 19.1. The lowest BCUT2D eigenvalue weighted by Gasteiger charge is -2.31. The van der Waals surface area contributed by atoms with Gasteiger partial charge in [-0.25, -0.2) is 8.78 Å². The summed E-state index contributed by atoms with van der Waals surface area (Å²) in [6, 6.07) is 3.96. The van der Waals surface area contributed by atoms with Crippen molar-refractivity contribution in [3.63, 3.8) is 0 Å². The Morgan fingerprint density at radius 1 is 1.26 bits per heavy atom. The fraction of sp³-hybridized carbons (Fsp3) is 0.611. The van der Waals surface area contributed by atoms with E-state index in [1.54, 1.807) is 0 Å². The van der Waals surface area contributed by atoms with Gasteiger partial charge in [0.25, 0.3) is 0 Å². The second-order valence-corrected chi connectivity index (χ2v) is 6.36. The number of halogens is 2. The molecule has 23 heavy (non-hydrogen) atoms. The normalized spacial score (nSPS) is 15.8. The zero-order valence-corrected chi connectivity index (χ0v) is 13.8. The highest BCUT2D eigenvalue weighted by molar-refractivity contribution is 5.76. The van der Waals surface area contributed by atoms with Crippen molar-refractivity contribution in [2.75, 3.05) is 20.1 Å².